The van der Waals surface area contributed by atoms with Gasteiger partial charge in [0, 0.05) is 18.7 Å². The molecule has 1 fully saturated rings. The van der Waals surface area contributed by atoms with Gasteiger partial charge in [-0.2, -0.15) is 0 Å². The summed E-state index contributed by atoms with van der Waals surface area (Å²) in [6.07, 6.45) is 3.97. The maximum atomic E-state index is 5.97. The van der Waals surface area contributed by atoms with Gasteiger partial charge >= 0.3 is 0 Å². The Kier molecular flexibility index (Phi) is 10.9. The van der Waals surface area contributed by atoms with Gasteiger partial charge in [0.05, 0.1) is 6.54 Å². The van der Waals surface area contributed by atoms with Gasteiger partial charge in [0.25, 0.3) is 0 Å². The third-order valence-electron chi connectivity index (χ3n) is 4.75. The molecule has 1 aliphatic carbocycles. The molecular formula is C19H33IN4O. The molecular weight excluding hydrogens is 427 g/mol. The van der Waals surface area contributed by atoms with E-state index in [4.69, 9.17) is 10.5 Å². The molecule has 2 rings (SSSR count). The van der Waals surface area contributed by atoms with E-state index in [-0.39, 0.29) is 24.0 Å². The maximum absolute atomic E-state index is 5.97. The van der Waals surface area contributed by atoms with Crippen molar-refractivity contribution in [1.82, 2.24) is 10.2 Å². The molecule has 1 saturated carbocycles. The fraction of sp³-hybridized carbons (Fsp3) is 0.632. The van der Waals surface area contributed by atoms with Crippen LogP contribution in [0.2, 0.25) is 0 Å². The van der Waals surface area contributed by atoms with Crippen molar-refractivity contribution in [2.75, 3.05) is 32.8 Å². The molecule has 0 aromatic heterocycles. The summed E-state index contributed by atoms with van der Waals surface area (Å²) in [7, 11) is 0. The Morgan fingerprint density at radius 1 is 1.28 bits per heavy atom. The molecule has 5 nitrogen and oxygen atoms in total. The second-order valence-electron chi connectivity index (χ2n) is 6.36. The van der Waals surface area contributed by atoms with Crippen LogP contribution in [0.1, 0.15) is 38.7 Å². The average Bonchev–Trinajstić information content (AvgIpc) is 2.56. The van der Waals surface area contributed by atoms with E-state index in [1.54, 1.807) is 0 Å². The summed E-state index contributed by atoms with van der Waals surface area (Å²) in [5.41, 5.74) is 7.04. The van der Waals surface area contributed by atoms with Crippen LogP contribution in [0.5, 0.6) is 5.75 Å². The summed E-state index contributed by atoms with van der Waals surface area (Å²) in [4.78, 5) is 6.80. The van der Waals surface area contributed by atoms with E-state index < -0.39 is 0 Å². The normalized spacial score (nSPS) is 14.8. The third kappa shape index (κ3) is 7.81. The number of nitrogens with zero attached hydrogens (tertiary/aromatic N) is 2. The van der Waals surface area contributed by atoms with Crippen LogP contribution in [0, 0.1) is 5.92 Å². The van der Waals surface area contributed by atoms with E-state index in [1.807, 2.05) is 18.2 Å². The molecule has 0 aliphatic heterocycles. The van der Waals surface area contributed by atoms with Gasteiger partial charge in [0.15, 0.2) is 5.96 Å². The lowest BCUT2D eigenvalue weighted by molar-refractivity contribution is 0.221. The molecule has 25 heavy (non-hydrogen) atoms. The largest absolute Gasteiger partial charge is 0.492 e. The molecule has 3 N–H and O–H groups in total. The lowest BCUT2D eigenvalue weighted by atomic mass is 9.85. The molecule has 0 saturated heterocycles. The van der Waals surface area contributed by atoms with Crippen LogP contribution in [0.25, 0.3) is 0 Å². The van der Waals surface area contributed by atoms with Gasteiger partial charge < -0.3 is 20.7 Å². The van der Waals surface area contributed by atoms with Crippen molar-refractivity contribution in [2.24, 2.45) is 16.6 Å². The lowest BCUT2D eigenvalue weighted by Gasteiger charge is -2.25. The minimum absolute atomic E-state index is 0. The monoisotopic (exact) mass is 460 g/mol. The minimum atomic E-state index is 0. The molecule has 142 valence electrons. The molecule has 1 aromatic carbocycles. The first kappa shape index (κ1) is 22.0. The van der Waals surface area contributed by atoms with E-state index in [2.05, 4.69) is 35.1 Å². The standard InChI is InChI=1S/C19H32N4O.HI/c1-3-23(4-2)12-13-24-18-11-6-5-10-17(18)15-22-19(20)21-14-16-8-7-9-16;/h5-6,10-11,16H,3-4,7-9,12-15H2,1-2H3,(H3,20,21,22);1H. The van der Waals surface area contributed by atoms with Crippen LogP contribution < -0.4 is 15.8 Å². The van der Waals surface area contributed by atoms with Crippen LogP contribution in [-0.2, 0) is 6.54 Å². The summed E-state index contributed by atoms with van der Waals surface area (Å²) < 4.78 is 5.96. The lowest BCUT2D eigenvalue weighted by Crippen LogP contribution is -2.37. The molecule has 0 spiro atoms. The zero-order valence-electron chi connectivity index (χ0n) is 15.5. The van der Waals surface area contributed by atoms with Gasteiger partial charge in [-0.3, -0.25) is 0 Å². The SMILES string of the molecule is CCN(CC)CCOc1ccccc1CN=C(N)NCC1CCC1.I. The molecule has 1 aliphatic rings. The van der Waals surface area contributed by atoms with Gasteiger partial charge in [-0.1, -0.05) is 38.5 Å². The summed E-state index contributed by atoms with van der Waals surface area (Å²) >= 11 is 0. The molecule has 1 aromatic rings. The van der Waals surface area contributed by atoms with E-state index in [1.165, 1.54) is 19.3 Å². The third-order valence-corrected chi connectivity index (χ3v) is 4.75. The van der Waals surface area contributed by atoms with Crippen LogP contribution >= 0.6 is 24.0 Å². The number of hydrogen-bond donors (Lipinski definition) is 2. The van der Waals surface area contributed by atoms with Gasteiger partial charge in [-0.25, -0.2) is 4.99 Å². The Hall–Kier alpha value is -1.02. The highest BCUT2D eigenvalue weighted by Gasteiger charge is 2.16. The van der Waals surface area contributed by atoms with Crippen molar-refractivity contribution >= 4 is 29.9 Å². The number of guanidine groups is 1. The van der Waals surface area contributed by atoms with Gasteiger partial charge in [-0.05, 0) is 37.9 Å². The quantitative estimate of drug-likeness (QED) is 0.320. The minimum Gasteiger partial charge on any atom is -0.492 e. The highest BCUT2D eigenvalue weighted by Crippen LogP contribution is 2.25. The van der Waals surface area contributed by atoms with Crippen LogP contribution in [0.15, 0.2) is 29.3 Å². The number of halogens is 1. The number of para-hydroxylation sites is 1. The van der Waals surface area contributed by atoms with Gasteiger partial charge in [-0.15, -0.1) is 24.0 Å². The first-order valence-electron chi connectivity index (χ1n) is 9.19. The van der Waals surface area contributed by atoms with Crippen molar-refractivity contribution in [3.05, 3.63) is 29.8 Å². The Balaban J connectivity index is 0.00000312. The Labute approximate surface area is 169 Å². The first-order chi connectivity index (χ1) is 11.7. The van der Waals surface area contributed by atoms with E-state index in [0.717, 1.165) is 43.4 Å². The van der Waals surface area contributed by atoms with Crippen molar-refractivity contribution in [2.45, 2.75) is 39.7 Å². The zero-order chi connectivity index (χ0) is 17.2. The first-order valence-corrected chi connectivity index (χ1v) is 9.19. The maximum Gasteiger partial charge on any atom is 0.188 e. The van der Waals surface area contributed by atoms with E-state index in [9.17, 15) is 0 Å². The molecule has 0 amide bonds. The number of rotatable bonds is 10. The number of nitrogens with one attached hydrogen (secondary N) is 1. The Morgan fingerprint density at radius 2 is 2.00 bits per heavy atom. The number of benzene rings is 1. The number of nitrogens with two attached hydrogens (primary N) is 1. The molecule has 0 atom stereocenters. The number of aliphatic imine (C=N–C) groups is 1. The highest BCUT2D eigenvalue weighted by molar-refractivity contribution is 14.0. The number of hydrogen-bond acceptors (Lipinski definition) is 3. The molecule has 0 heterocycles. The van der Waals surface area contributed by atoms with Crippen LogP contribution in [-0.4, -0.2) is 43.6 Å². The molecule has 0 unspecified atom stereocenters. The molecule has 6 heteroatoms. The Bertz CT molecular complexity index is 516. The fourth-order valence-electron chi connectivity index (χ4n) is 2.77. The van der Waals surface area contributed by atoms with E-state index >= 15 is 0 Å². The molecule has 0 bridgehead atoms. The predicted octanol–water partition coefficient (Wildman–Crippen LogP) is 3.23. The highest BCUT2D eigenvalue weighted by atomic mass is 127. The topological polar surface area (TPSA) is 62.9 Å². The summed E-state index contributed by atoms with van der Waals surface area (Å²) in [6.45, 7) is 9.57. The number of ether oxygens (including phenoxy) is 1. The summed E-state index contributed by atoms with van der Waals surface area (Å²) in [5.74, 6) is 2.20. The van der Waals surface area contributed by atoms with Crippen LogP contribution in [0.4, 0.5) is 0 Å². The second-order valence-corrected chi connectivity index (χ2v) is 6.36. The van der Waals surface area contributed by atoms with Crippen LogP contribution in [0.3, 0.4) is 0 Å². The second kappa shape index (κ2) is 12.4. The van der Waals surface area contributed by atoms with Gasteiger partial charge in [0.1, 0.15) is 12.4 Å². The molecule has 0 radical (unpaired) electrons. The van der Waals surface area contributed by atoms with Gasteiger partial charge in [0.2, 0.25) is 0 Å². The van der Waals surface area contributed by atoms with Crippen molar-refractivity contribution in [1.29, 1.82) is 0 Å². The summed E-state index contributed by atoms with van der Waals surface area (Å²) in [5, 5.41) is 3.23. The number of likely N-dealkylation sites (N-methyl/N-ethyl adjacent to an activating group) is 1. The van der Waals surface area contributed by atoms with Crippen molar-refractivity contribution in [3.8, 4) is 5.75 Å². The summed E-state index contributed by atoms with van der Waals surface area (Å²) in [6, 6.07) is 8.07. The Morgan fingerprint density at radius 3 is 2.64 bits per heavy atom. The van der Waals surface area contributed by atoms with Crippen molar-refractivity contribution < 1.29 is 4.74 Å². The van der Waals surface area contributed by atoms with Crippen molar-refractivity contribution in [3.63, 3.8) is 0 Å². The zero-order valence-corrected chi connectivity index (χ0v) is 17.9. The van der Waals surface area contributed by atoms with E-state index in [0.29, 0.717) is 19.1 Å². The smallest absolute Gasteiger partial charge is 0.188 e. The fourth-order valence-corrected chi connectivity index (χ4v) is 2.77. The average molecular weight is 460 g/mol. The predicted molar refractivity (Wildman–Crippen MR) is 116 cm³/mol.